The van der Waals surface area contributed by atoms with E-state index >= 15 is 4.39 Å². The summed E-state index contributed by atoms with van der Waals surface area (Å²) in [6, 6.07) is 7.60. The van der Waals surface area contributed by atoms with Crippen molar-refractivity contribution in [3.8, 4) is 22.6 Å². The minimum Gasteiger partial charge on any atom is -0.494 e. The van der Waals surface area contributed by atoms with Crippen LogP contribution in [0.15, 0.2) is 36.4 Å². The number of unbranched alkanes of at least 4 members (excludes halogenated alkanes) is 2. The number of alkyl halides is 5. The lowest BCUT2D eigenvalue weighted by molar-refractivity contribution is -0.261. The number of rotatable bonds is 12. The number of thioether (sulfide) groups is 1. The third kappa shape index (κ3) is 7.96. The highest BCUT2D eigenvalue weighted by atomic mass is 32.2. The zero-order valence-corrected chi connectivity index (χ0v) is 21.7. The summed E-state index contributed by atoms with van der Waals surface area (Å²) in [7, 11) is 0. The zero-order chi connectivity index (χ0) is 27.1. The summed E-state index contributed by atoms with van der Waals surface area (Å²) in [6.07, 6.45) is -6.91. The van der Waals surface area contributed by atoms with E-state index in [2.05, 4.69) is 11.7 Å². The Bertz CT molecular complexity index is 989. The molecule has 1 aliphatic rings. The maximum absolute atomic E-state index is 15.2. The zero-order valence-electron chi connectivity index (χ0n) is 20.9. The lowest BCUT2D eigenvalue weighted by Crippen LogP contribution is -2.45. The molecule has 0 amide bonds. The second kappa shape index (κ2) is 13.1. The molecule has 2 aromatic rings. The van der Waals surface area contributed by atoms with Crippen LogP contribution >= 0.6 is 11.8 Å². The van der Waals surface area contributed by atoms with Gasteiger partial charge in [-0.2, -0.15) is 33.7 Å². The fourth-order valence-corrected chi connectivity index (χ4v) is 5.19. The molecule has 3 rings (SSSR count). The van der Waals surface area contributed by atoms with Gasteiger partial charge in [-0.1, -0.05) is 38.8 Å². The van der Waals surface area contributed by atoms with Crippen LogP contribution in [0.4, 0.5) is 26.3 Å². The van der Waals surface area contributed by atoms with Gasteiger partial charge in [0.05, 0.1) is 13.2 Å². The van der Waals surface area contributed by atoms with E-state index in [4.69, 9.17) is 9.47 Å². The van der Waals surface area contributed by atoms with Crippen LogP contribution in [0.5, 0.6) is 11.5 Å². The summed E-state index contributed by atoms with van der Waals surface area (Å²) in [4.78, 5) is 0. The molecule has 37 heavy (non-hydrogen) atoms. The molecule has 0 aliphatic carbocycles. The fourth-order valence-electron chi connectivity index (χ4n) is 3.93. The number of hydrogen-bond donors (Lipinski definition) is 0. The van der Waals surface area contributed by atoms with Gasteiger partial charge in [-0.25, -0.2) is 4.39 Å². The molecule has 1 saturated heterocycles. The molecular weight excluding hydrogens is 518 g/mol. The lowest BCUT2D eigenvalue weighted by Gasteiger charge is -2.33. The molecule has 1 heterocycles. The van der Waals surface area contributed by atoms with E-state index in [-0.39, 0.29) is 29.4 Å². The van der Waals surface area contributed by atoms with Crippen LogP contribution in [0.3, 0.4) is 0 Å². The Balaban J connectivity index is 1.77. The molecule has 0 spiro atoms. The van der Waals surface area contributed by atoms with Crippen LogP contribution in [-0.4, -0.2) is 36.4 Å². The van der Waals surface area contributed by atoms with Crippen molar-refractivity contribution in [2.75, 3.05) is 19.0 Å². The minimum absolute atomic E-state index is 0.0458. The second-order valence-electron chi connectivity index (χ2n) is 8.93. The van der Waals surface area contributed by atoms with Gasteiger partial charge in [-0.3, -0.25) is 0 Å². The van der Waals surface area contributed by atoms with Crippen LogP contribution in [0.25, 0.3) is 11.1 Å². The van der Waals surface area contributed by atoms with Crippen molar-refractivity contribution >= 4 is 11.8 Å². The van der Waals surface area contributed by atoms with Crippen molar-refractivity contribution in [3.05, 3.63) is 47.8 Å². The van der Waals surface area contributed by atoms with E-state index in [0.717, 1.165) is 43.6 Å². The quantitative estimate of drug-likeness (QED) is 0.195. The summed E-state index contributed by atoms with van der Waals surface area (Å²) in [5.41, 5.74) is -2.12. The first-order chi connectivity index (χ1) is 17.6. The normalized spacial score (nSPS) is 18.6. The Kier molecular flexibility index (Phi) is 10.5. The highest BCUT2D eigenvalue weighted by Crippen LogP contribution is 2.44. The smallest absolute Gasteiger partial charge is 0.424 e. The number of benzene rings is 2. The number of halogens is 6. The molecule has 0 N–H and O–H groups in total. The van der Waals surface area contributed by atoms with Crippen molar-refractivity contribution < 1.29 is 40.6 Å². The third-order valence-electron chi connectivity index (χ3n) is 6.03. The monoisotopic (exact) mass is 550 g/mol. The SMILES string of the molecule is CCCCOc1ccc(-c2ccc(OC(F)(F)C3CCC(SCCCC)CO3)c(C(F)(F)F)c2F)cc1. The van der Waals surface area contributed by atoms with Crippen LogP contribution in [-0.2, 0) is 10.9 Å². The van der Waals surface area contributed by atoms with Gasteiger partial charge >= 0.3 is 12.3 Å². The molecule has 2 unspecified atom stereocenters. The van der Waals surface area contributed by atoms with Crippen LogP contribution in [0, 0.1) is 5.82 Å². The van der Waals surface area contributed by atoms with Crippen LogP contribution < -0.4 is 9.47 Å². The van der Waals surface area contributed by atoms with Crippen molar-refractivity contribution in [2.45, 2.75) is 76.0 Å². The summed E-state index contributed by atoms with van der Waals surface area (Å²) in [5, 5.41) is 0.0458. The van der Waals surface area contributed by atoms with Crippen molar-refractivity contribution in [1.82, 2.24) is 0 Å². The molecular formula is C27H32F6O3S. The summed E-state index contributed by atoms with van der Waals surface area (Å²) < 4.78 is 102. The maximum Gasteiger partial charge on any atom is 0.424 e. The van der Waals surface area contributed by atoms with Crippen LogP contribution in [0.1, 0.15) is 57.9 Å². The first-order valence-electron chi connectivity index (χ1n) is 12.5. The molecule has 0 radical (unpaired) electrons. The Hall–Kier alpha value is -2.07. The molecule has 206 valence electrons. The largest absolute Gasteiger partial charge is 0.494 e. The van der Waals surface area contributed by atoms with Crippen molar-refractivity contribution in [3.63, 3.8) is 0 Å². The average Bonchev–Trinajstić information content (AvgIpc) is 2.84. The van der Waals surface area contributed by atoms with Gasteiger partial charge in [0.25, 0.3) is 0 Å². The fraction of sp³-hybridized carbons (Fsp3) is 0.556. The van der Waals surface area contributed by atoms with E-state index in [9.17, 15) is 22.0 Å². The number of hydrogen-bond acceptors (Lipinski definition) is 4. The Morgan fingerprint density at radius 2 is 1.65 bits per heavy atom. The Morgan fingerprint density at radius 3 is 2.24 bits per heavy atom. The van der Waals surface area contributed by atoms with Gasteiger partial charge in [-0.05, 0) is 61.3 Å². The van der Waals surface area contributed by atoms with E-state index in [0.29, 0.717) is 18.8 Å². The Morgan fingerprint density at radius 1 is 0.946 bits per heavy atom. The topological polar surface area (TPSA) is 27.7 Å². The van der Waals surface area contributed by atoms with Gasteiger partial charge < -0.3 is 14.2 Å². The summed E-state index contributed by atoms with van der Waals surface area (Å²) >= 11 is 1.63. The second-order valence-corrected chi connectivity index (χ2v) is 10.3. The molecule has 0 aromatic heterocycles. The lowest BCUT2D eigenvalue weighted by atomic mass is 10.0. The first kappa shape index (κ1) is 29.5. The number of ether oxygens (including phenoxy) is 3. The molecule has 1 aliphatic heterocycles. The summed E-state index contributed by atoms with van der Waals surface area (Å²) in [5.74, 6) is -1.58. The predicted molar refractivity (Wildman–Crippen MR) is 133 cm³/mol. The van der Waals surface area contributed by atoms with Gasteiger partial charge in [0.1, 0.15) is 22.9 Å². The molecule has 10 heteroatoms. The Labute approximate surface area is 217 Å². The molecule has 2 atom stereocenters. The van der Waals surface area contributed by atoms with Gasteiger partial charge in [-0.15, -0.1) is 0 Å². The summed E-state index contributed by atoms with van der Waals surface area (Å²) in [6.45, 7) is 4.58. The molecule has 0 bridgehead atoms. The van der Waals surface area contributed by atoms with Crippen LogP contribution in [0.2, 0.25) is 0 Å². The van der Waals surface area contributed by atoms with E-state index < -0.39 is 35.5 Å². The van der Waals surface area contributed by atoms with Gasteiger partial charge in [0, 0.05) is 10.8 Å². The van der Waals surface area contributed by atoms with Crippen molar-refractivity contribution in [1.29, 1.82) is 0 Å². The average molecular weight is 551 g/mol. The van der Waals surface area contributed by atoms with E-state index in [1.54, 1.807) is 11.8 Å². The molecule has 2 aromatic carbocycles. The maximum atomic E-state index is 15.2. The van der Waals surface area contributed by atoms with E-state index in [1.165, 1.54) is 24.3 Å². The van der Waals surface area contributed by atoms with Crippen molar-refractivity contribution in [2.24, 2.45) is 0 Å². The molecule has 1 fully saturated rings. The molecule has 0 saturated carbocycles. The predicted octanol–water partition coefficient (Wildman–Crippen LogP) is 8.74. The third-order valence-corrected chi connectivity index (χ3v) is 7.39. The minimum atomic E-state index is -5.26. The highest BCUT2D eigenvalue weighted by molar-refractivity contribution is 7.99. The van der Waals surface area contributed by atoms with Gasteiger partial charge in [0.2, 0.25) is 0 Å². The standard InChI is InChI=1S/C27H32F6O3S/c1-3-5-15-34-19-9-7-18(8-10-19)21-12-13-22(24(25(21)28)26(29,30)31)36-27(32,33)23-14-11-20(17-35-23)37-16-6-4-2/h7-10,12-13,20,23H,3-6,11,14-17H2,1-2H3. The molecule has 3 nitrogen and oxygen atoms in total. The van der Waals surface area contributed by atoms with E-state index in [1.807, 2.05) is 6.92 Å². The first-order valence-corrected chi connectivity index (χ1v) is 13.5. The highest BCUT2D eigenvalue weighted by Gasteiger charge is 2.48. The van der Waals surface area contributed by atoms with Gasteiger partial charge in [0.15, 0.2) is 6.10 Å².